The second-order valence-electron chi connectivity index (χ2n) is 6.01. The fourth-order valence-electron chi connectivity index (χ4n) is 3.39. The van der Waals surface area contributed by atoms with Crippen molar-refractivity contribution in [2.24, 2.45) is 5.41 Å². The van der Waals surface area contributed by atoms with Crippen molar-refractivity contribution in [3.05, 3.63) is 12.3 Å². The van der Waals surface area contributed by atoms with Gasteiger partial charge in [0.15, 0.2) is 0 Å². The third kappa shape index (κ3) is 2.42. The summed E-state index contributed by atoms with van der Waals surface area (Å²) in [7, 11) is 1.92. The van der Waals surface area contributed by atoms with Crippen LogP contribution in [0.4, 0.5) is 11.8 Å². The molecule has 3 heterocycles. The number of carbonyl (C=O) groups is 1. The number of carbonyl (C=O) groups excluding carboxylic acids is 1. The maximum Gasteiger partial charge on any atom is 0.222 e. The number of rotatable bonds is 1. The second-order valence-corrected chi connectivity index (χ2v) is 6.01. The normalized spacial score (nSPS) is 22.4. The van der Waals surface area contributed by atoms with Gasteiger partial charge in [0.05, 0.1) is 0 Å². The van der Waals surface area contributed by atoms with Crippen molar-refractivity contribution in [2.45, 2.75) is 25.7 Å². The van der Waals surface area contributed by atoms with Crippen molar-refractivity contribution in [1.82, 2.24) is 14.9 Å². The topological polar surface area (TPSA) is 75.4 Å². The van der Waals surface area contributed by atoms with Gasteiger partial charge in [-0.25, -0.2) is 4.98 Å². The van der Waals surface area contributed by atoms with Crippen LogP contribution in [0.15, 0.2) is 12.3 Å². The average Bonchev–Trinajstić information content (AvgIpc) is 2.44. The van der Waals surface area contributed by atoms with Crippen LogP contribution < -0.4 is 10.6 Å². The molecule has 2 aliphatic heterocycles. The highest BCUT2D eigenvalue weighted by molar-refractivity contribution is 5.76. The zero-order chi connectivity index (χ0) is 14.2. The number of hydrogen-bond acceptors (Lipinski definition) is 5. The molecule has 0 bridgehead atoms. The Morgan fingerprint density at radius 1 is 1.30 bits per heavy atom. The molecule has 2 fully saturated rings. The van der Waals surface area contributed by atoms with Gasteiger partial charge in [-0.1, -0.05) is 0 Å². The van der Waals surface area contributed by atoms with Crippen LogP contribution in [0.2, 0.25) is 0 Å². The molecule has 0 atom stereocenters. The number of nitrogens with zero attached hydrogens (tertiary/aromatic N) is 4. The predicted octanol–water partition coefficient (Wildman–Crippen LogP) is 0.898. The van der Waals surface area contributed by atoms with E-state index in [0.29, 0.717) is 17.8 Å². The van der Waals surface area contributed by atoms with E-state index in [4.69, 9.17) is 5.73 Å². The molecule has 0 radical (unpaired) electrons. The van der Waals surface area contributed by atoms with E-state index in [1.165, 1.54) is 0 Å². The Labute approximate surface area is 119 Å². The summed E-state index contributed by atoms with van der Waals surface area (Å²) >= 11 is 0. The maximum atomic E-state index is 11.6. The summed E-state index contributed by atoms with van der Waals surface area (Å²) < 4.78 is 0. The number of amides is 1. The molecule has 0 unspecified atom stereocenters. The smallest absolute Gasteiger partial charge is 0.222 e. The highest BCUT2D eigenvalue weighted by Gasteiger charge is 2.40. The first kappa shape index (κ1) is 13.1. The molecule has 1 aromatic heterocycles. The summed E-state index contributed by atoms with van der Waals surface area (Å²) in [6.07, 6.45) is 5.63. The van der Waals surface area contributed by atoms with Gasteiger partial charge in [0.2, 0.25) is 11.9 Å². The van der Waals surface area contributed by atoms with Gasteiger partial charge in [-0.2, -0.15) is 4.98 Å². The Hall–Kier alpha value is -1.85. The lowest BCUT2D eigenvalue weighted by Crippen LogP contribution is -2.50. The van der Waals surface area contributed by atoms with Gasteiger partial charge in [-0.05, 0) is 30.7 Å². The molecular weight excluding hydrogens is 254 g/mol. The maximum absolute atomic E-state index is 11.6. The molecule has 0 saturated carbocycles. The molecule has 1 amide bonds. The average molecular weight is 275 g/mol. The Kier molecular flexibility index (Phi) is 3.23. The first-order valence-electron chi connectivity index (χ1n) is 7.15. The fourth-order valence-corrected chi connectivity index (χ4v) is 3.39. The van der Waals surface area contributed by atoms with Gasteiger partial charge in [-0.3, -0.25) is 4.79 Å². The molecular formula is C14H21N5O. The lowest BCUT2D eigenvalue weighted by molar-refractivity contribution is -0.136. The Balaban J connectivity index is 1.66. The zero-order valence-corrected chi connectivity index (χ0v) is 11.9. The van der Waals surface area contributed by atoms with Crippen molar-refractivity contribution < 1.29 is 4.79 Å². The second kappa shape index (κ2) is 4.92. The van der Waals surface area contributed by atoms with E-state index in [1.807, 2.05) is 18.0 Å². The molecule has 6 heteroatoms. The van der Waals surface area contributed by atoms with Gasteiger partial charge in [-0.15, -0.1) is 0 Å². The minimum Gasteiger partial charge on any atom is -0.368 e. The van der Waals surface area contributed by atoms with Gasteiger partial charge >= 0.3 is 0 Å². The summed E-state index contributed by atoms with van der Waals surface area (Å²) in [5, 5.41) is 0. The van der Waals surface area contributed by atoms with E-state index >= 15 is 0 Å². The fraction of sp³-hybridized carbons (Fsp3) is 0.643. The summed E-state index contributed by atoms with van der Waals surface area (Å²) in [6, 6.07) is 1.91. The lowest BCUT2D eigenvalue weighted by atomic mass is 9.72. The van der Waals surface area contributed by atoms with Crippen LogP contribution in [-0.4, -0.2) is 47.5 Å². The van der Waals surface area contributed by atoms with Crippen LogP contribution in [0.3, 0.4) is 0 Å². The number of nitrogens with two attached hydrogens (primary N) is 1. The van der Waals surface area contributed by atoms with Crippen molar-refractivity contribution in [3.8, 4) is 0 Å². The molecule has 20 heavy (non-hydrogen) atoms. The van der Waals surface area contributed by atoms with E-state index in [2.05, 4.69) is 14.9 Å². The van der Waals surface area contributed by atoms with E-state index in [-0.39, 0.29) is 5.91 Å². The molecule has 1 spiro atoms. The summed E-state index contributed by atoms with van der Waals surface area (Å²) in [5.74, 6) is 1.51. The van der Waals surface area contributed by atoms with E-state index < -0.39 is 0 Å². The molecule has 108 valence electrons. The van der Waals surface area contributed by atoms with Crippen molar-refractivity contribution in [3.63, 3.8) is 0 Å². The molecule has 0 aliphatic carbocycles. The van der Waals surface area contributed by atoms with Gasteiger partial charge in [0, 0.05) is 39.3 Å². The monoisotopic (exact) mass is 275 g/mol. The molecule has 2 aliphatic rings. The van der Waals surface area contributed by atoms with Crippen LogP contribution in [0, 0.1) is 5.41 Å². The van der Waals surface area contributed by atoms with Crippen LogP contribution in [-0.2, 0) is 4.79 Å². The molecule has 1 aromatic rings. The minimum atomic E-state index is 0.279. The number of anilines is 2. The van der Waals surface area contributed by atoms with Crippen LogP contribution in [0.5, 0.6) is 0 Å². The van der Waals surface area contributed by atoms with Crippen molar-refractivity contribution in [1.29, 1.82) is 0 Å². The van der Waals surface area contributed by atoms with E-state index in [9.17, 15) is 4.79 Å². The standard InChI is InChI=1S/C14H21N5O/c1-18-10-14(4-2-12(18)20)5-8-19(9-6-14)11-3-7-16-13(15)17-11/h3,7H,2,4-6,8-10H2,1H3,(H2,15,16,17). The summed E-state index contributed by atoms with van der Waals surface area (Å²) in [6.45, 7) is 2.84. The Morgan fingerprint density at radius 3 is 2.70 bits per heavy atom. The van der Waals surface area contributed by atoms with Crippen LogP contribution in [0.1, 0.15) is 25.7 Å². The number of aromatic nitrogens is 2. The lowest BCUT2D eigenvalue weighted by Gasteiger charge is -2.46. The summed E-state index contributed by atoms with van der Waals surface area (Å²) in [5.41, 5.74) is 5.95. The van der Waals surface area contributed by atoms with E-state index in [1.54, 1.807) is 6.20 Å². The molecule has 2 saturated heterocycles. The van der Waals surface area contributed by atoms with Gasteiger partial charge in [0.25, 0.3) is 0 Å². The third-order valence-electron chi connectivity index (χ3n) is 4.68. The molecule has 0 aromatic carbocycles. The van der Waals surface area contributed by atoms with Crippen molar-refractivity contribution >= 4 is 17.7 Å². The molecule has 2 N–H and O–H groups in total. The van der Waals surface area contributed by atoms with Gasteiger partial charge in [0.1, 0.15) is 5.82 Å². The van der Waals surface area contributed by atoms with Crippen LogP contribution in [0.25, 0.3) is 0 Å². The number of piperidine rings is 2. The predicted molar refractivity (Wildman–Crippen MR) is 77.2 cm³/mol. The number of likely N-dealkylation sites (tertiary alicyclic amines) is 1. The molecule has 6 nitrogen and oxygen atoms in total. The first-order valence-corrected chi connectivity index (χ1v) is 7.15. The highest BCUT2D eigenvalue weighted by atomic mass is 16.2. The van der Waals surface area contributed by atoms with Gasteiger partial charge < -0.3 is 15.5 Å². The van der Waals surface area contributed by atoms with Crippen LogP contribution >= 0.6 is 0 Å². The largest absolute Gasteiger partial charge is 0.368 e. The first-order chi connectivity index (χ1) is 9.58. The Morgan fingerprint density at radius 2 is 2.05 bits per heavy atom. The quantitative estimate of drug-likeness (QED) is 0.824. The molecule has 3 rings (SSSR count). The number of nitrogen functional groups attached to an aromatic ring is 1. The van der Waals surface area contributed by atoms with Crippen molar-refractivity contribution in [2.75, 3.05) is 37.3 Å². The number of hydrogen-bond donors (Lipinski definition) is 1. The third-order valence-corrected chi connectivity index (χ3v) is 4.68. The van der Waals surface area contributed by atoms with E-state index in [0.717, 1.165) is 44.7 Å². The summed E-state index contributed by atoms with van der Waals surface area (Å²) in [4.78, 5) is 24.0. The SMILES string of the molecule is CN1CC2(CCC1=O)CCN(c1ccnc(N)n1)CC2. The Bertz CT molecular complexity index is 510. The minimum absolute atomic E-state index is 0.279. The zero-order valence-electron chi connectivity index (χ0n) is 11.9. The highest BCUT2D eigenvalue weighted by Crippen LogP contribution is 2.40.